The molecule has 0 aliphatic heterocycles. The van der Waals surface area contributed by atoms with Crippen molar-refractivity contribution in [2.24, 2.45) is 0 Å². The minimum atomic E-state index is -3.16. The van der Waals surface area contributed by atoms with Gasteiger partial charge < -0.3 is 5.11 Å². The summed E-state index contributed by atoms with van der Waals surface area (Å²) in [5.41, 5.74) is 0.625. The predicted molar refractivity (Wildman–Crippen MR) is 58.1 cm³/mol. The molecule has 86 valence electrons. The number of alkyl halides is 2. The third-order valence-corrected chi connectivity index (χ3v) is 1.93. The lowest BCUT2D eigenvalue weighted by Gasteiger charge is -2.19. The van der Waals surface area contributed by atoms with E-state index < -0.39 is 12.0 Å². The fourth-order valence-electron chi connectivity index (χ4n) is 1.09. The molecule has 0 fully saturated rings. The van der Waals surface area contributed by atoms with E-state index in [1.165, 1.54) is 12.1 Å². The maximum absolute atomic E-state index is 13.2. The van der Waals surface area contributed by atoms with Crippen LogP contribution < -0.4 is 0 Å². The van der Waals surface area contributed by atoms with E-state index in [1.54, 1.807) is 19.1 Å². The molecule has 0 aliphatic carbocycles. The fourth-order valence-corrected chi connectivity index (χ4v) is 1.09. The summed E-state index contributed by atoms with van der Waals surface area (Å²) < 4.78 is 26.4. The van der Waals surface area contributed by atoms with Crippen molar-refractivity contribution in [2.75, 3.05) is 0 Å². The third kappa shape index (κ3) is 3.59. The Labute approximate surface area is 89.8 Å². The number of aliphatic hydroxyl groups is 1. The summed E-state index contributed by atoms with van der Waals surface area (Å²) >= 11 is 0. The van der Waals surface area contributed by atoms with Crippen molar-refractivity contribution in [1.29, 1.82) is 0 Å². The van der Waals surface area contributed by atoms with Crippen molar-refractivity contribution in [2.45, 2.75) is 39.7 Å². The van der Waals surface area contributed by atoms with Crippen LogP contribution in [0.3, 0.4) is 0 Å². The van der Waals surface area contributed by atoms with E-state index in [0.29, 0.717) is 0 Å². The maximum Gasteiger partial charge on any atom is 0.298 e. The first kappa shape index (κ1) is 14.0. The van der Waals surface area contributed by atoms with E-state index in [1.807, 2.05) is 13.8 Å². The van der Waals surface area contributed by atoms with Crippen LogP contribution in [0.15, 0.2) is 24.3 Å². The van der Waals surface area contributed by atoms with Crippen molar-refractivity contribution < 1.29 is 13.9 Å². The van der Waals surface area contributed by atoms with Crippen LogP contribution in [0.2, 0.25) is 0 Å². The molecule has 0 heterocycles. The zero-order valence-electron chi connectivity index (χ0n) is 9.59. The van der Waals surface area contributed by atoms with Gasteiger partial charge >= 0.3 is 0 Å². The normalized spacial score (nSPS) is 12.7. The van der Waals surface area contributed by atoms with Gasteiger partial charge in [0.05, 0.1) is 0 Å². The maximum atomic E-state index is 13.2. The molecule has 1 atom stereocenters. The summed E-state index contributed by atoms with van der Waals surface area (Å²) in [5.74, 6) is -3.16. The van der Waals surface area contributed by atoms with Crippen LogP contribution in [0.1, 0.15) is 31.9 Å². The van der Waals surface area contributed by atoms with Gasteiger partial charge in [0.15, 0.2) is 0 Å². The van der Waals surface area contributed by atoms with Crippen molar-refractivity contribution in [3.63, 3.8) is 0 Å². The highest BCUT2D eigenvalue weighted by atomic mass is 19.3. The van der Waals surface area contributed by atoms with E-state index in [4.69, 9.17) is 5.11 Å². The molecule has 0 saturated heterocycles. The second-order valence-corrected chi connectivity index (χ2v) is 3.17. The van der Waals surface area contributed by atoms with Crippen LogP contribution in [0.25, 0.3) is 0 Å². The molecule has 0 aromatic heterocycles. The van der Waals surface area contributed by atoms with Gasteiger partial charge in [0.25, 0.3) is 5.92 Å². The van der Waals surface area contributed by atoms with Crippen molar-refractivity contribution in [3.05, 3.63) is 35.4 Å². The number of aliphatic hydroxyl groups excluding tert-OH is 1. The van der Waals surface area contributed by atoms with Crippen LogP contribution in [0.5, 0.6) is 0 Å². The number of halogens is 2. The lowest BCUT2D eigenvalue weighted by Crippen LogP contribution is -2.27. The molecule has 0 amide bonds. The van der Waals surface area contributed by atoms with E-state index in [2.05, 4.69) is 0 Å². The molecule has 0 saturated carbocycles. The Hall–Kier alpha value is -0.960. The molecule has 1 aromatic rings. The van der Waals surface area contributed by atoms with Gasteiger partial charge in [-0.15, -0.1) is 0 Å². The number of aryl methyl sites for hydroxylation is 1. The van der Waals surface area contributed by atoms with Crippen LogP contribution in [0, 0.1) is 6.92 Å². The van der Waals surface area contributed by atoms with Crippen LogP contribution in [-0.4, -0.2) is 11.2 Å². The monoisotopic (exact) mass is 216 g/mol. The Bertz CT molecular complexity index is 295. The van der Waals surface area contributed by atoms with E-state index in [0.717, 1.165) is 12.5 Å². The van der Waals surface area contributed by atoms with Crippen molar-refractivity contribution in [1.82, 2.24) is 0 Å². The Kier molecular flexibility index (Phi) is 5.44. The number of benzene rings is 1. The van der Waals surface area contributed by atoms with Gasteiger partial charge in [-0.25, -0.2) is 0 Å². The van der Waals surface area contributed by atoms with Crippen LogP contribution >= 0.6 is 0 Å². The zero-order valence-corrected chi connectivity index (χ0v) is 9.59. The van der Waals surface area contributed by atoms with Gasteiger partial charge in [-0.05, 0) is 13.8 Å². The molecule has 0 aliphatic rings. The second-order valence-electron chi connectivity index (χ2n) is 3.17. The van der Waals surface area contributed by atoms with E-state index >= 15 is 0 Å². The lowest BCUT2D eigenvalue weighted by atomic mass is 10.0. The van der Waals surface area contributed by atoms with E-state index in [9.17, 15) is 8.78 Å². The van der Waals surface area contributed by atoms with Gasteiger partial charge in [0, 0.05) is 5.56 Å². The minimum absolute atomic E-state index is 0.137. The molecular weight excluding hydrogens is 198 g/mol. The summed E-state index contributed by atoms with van der Waals surface area (Å²) in [6, 6.07) is 6.00. The highest BCUT2D eigenvalue weighted by Crippen LogP contribution is 2.31. The standard InChI is InChI=1S/C10H12F2O.C2H6/c1-7-4-3-5-9(6-7)10(11,12)8(2)13;1-2/h3-6,8,13H,1-2H3;1-2H3/t8-;/m1./s1. The molecule has 15 heavy (non-hydrogen) atoms. The lowest BCUT2D eigenvalue weighted by molar-refractivity contribution is -0.106. The third-order valence-electron chi connectivity index (χ3n) is 1.93. The molecular formula is C12H18F2O. The number of hydrogen-bond donors (Lipinski definition) is 1. The van der Waals surface area contributed by atoms with E-state index in [-0.39, 0.29) is 5.56 Å². The Morgan fingerprint density at radius 2 is 1.80 bits per heavy atom. The average Bonchev–Trinajstić information content (AvgIpc) is 2.20. The van der Waals surface area contributed by atoms with Crippen molar-refractivity contribution >= 4 is 0 Å². The Morgan fingerprint density at radius 1 is 1.27 bits per heavy atom. The molecule has 0 bridgehead atoms. The topological polar surface area (TPSA) is 20.2 Å². The Morgan fingerprint density at radius 3 is 2.20 bits per heavy atom. The largest absolute Gasteiger partial charge is 0.387 e. The summed E-state index contributed by atoms with van der Waals surface area (Å²) in [6.45, 7) is 6.82. The number of hydrogen-bond acceptors (Lipinski definition) is 1. The van der Waals surface area contributed by atoms with Gasteiger partial charge in [-0.3, -0.25) is 0 Å². The molecule has 1 nitrogen and oxygen atoms in total. The van der Waals surface area contributed by atoms with Gasteiger partial charge in [0.2, 0.25) is 0 Å². The summed E-state index contributed by atoms with van der Waals surface area (Å²) in [5, 5.41) is 8.87. The van der Waals surface area contributed by atoms with Crippen LogP contribution in [-0.2, 0) is 5.92 Å². The SMILES string of the molecule is CC.Cc1cccc(C(F)(F)[C@@H](C)O)c1. The predicted octanol–water partition coefficient (Wildman–Crippen LogP) is 3.49. The minimum Gasteiger partial charge on any atom is -0.387 e. The first-order valence-corrected chi connectivity index (χ1v) is 5.07. The Balaban J connectivity index is 0.000000921. The first-order chi connectivity index (χ1) is 6.94. The summed E-state index contributed by atoms with van der Waals surface area (Å²) in [6.07, 6.45) is -1.66. The first-order valence-electron chi connectivity index (χ1n) is 5.07. The van der Waals surface area contributed by atoms with Crippen LogP contribution in [0.4, 0.5) is 8.78 Å². The smallest absolute Gasteiger partial charge is 0.298 e. The van der Waals surface area contributed by atoms with Crippen molar-refractivity contribution in [3.8, 4) is 0 Å². The van der Waals surface area contributed by atoms with Gasteiger partial charge in [-0.1, -0.05) is 43.7 Å². The van der Waals surface area contributed by atoms with Gasteiger partial charge in [-0.2, -0.15) is 8.78 Å². The fraction of sp³-hybridized carbons (Fsp3) is 0.500. The number of rotatable bonds is 2. The highest BCUT2D eigenvalue weighted by Gasteiger charge is 2.37. The average molecular weight is 216 g/mol. The molecule has 1 N–H and O–H groups in total. The van der Waals surface area contributed by atoms with Gasteiger partial charge in [0.1, 0.15) is 6.10 Å². The molecule has 0 spiro atoms. The zero-order chi connectivity index (χ0) is 12.1. The molecule has 0 unspecified atom stereocenters. The second kappa shape index (κ2) is 5.81. The summed E-state index contributed by atoms with van der Waals surface area (Å²) in [7, 11) is 0. The molecule has 1 aromatic carbocycles. The molecule has 3 heteroatoms. The molecule has 1 rings (SSSR count). The quantitative estimate of drug-likeness (QED) is 0.802. The molecule has 0 radical (unpaired) electrons. The summed E-state index contributed by atoms with van der Waals surface area (Å²) in [4.78, 5) is 0. The highest BCUT2D eigenvalue weighted by molar-refractivity contribution is 5.26.